The van der Waals surface area contributed by atoms with E-state index in [9.17, 15) is 4.79 Å². The Balaban J connectivity index is 1.87. The molecule has 0 N–H and O–H groups in total. The molecule has 0 bridgehead atoms. The van der Waals surface area contributed by atoms with Gasteiger partial charge in [-0.1, -0.05) is 44.0 Å². The SMILES string of the molecule is CC(=O)OC(C(CC1Cc2cc(Cl)cc(Cl)c2O1)n1cncn1)C(C)(C)C. The van der Waals surface area contributed by atoms with Gasteiger partial charge in [-0.3, -0.25) is 4.79 Å². The van der Waals surface area contributed by atoms with Crippen LogP contribution in [0.5, 0.6) is 5.75 Å². The Hall–Kier alpha value is -1.79. The lowest BCUT2D eigenvalue weighted by atomic mass is 9.82. The Morgan fingerprint density at radius 1 is 1.41 bits per heavy atom. The highest BCUT2D eigenvalue weighted by atomic mass is 35.5. The molecule has 0 radical (unpaired) electrons. The summed E-state index contributed by atoms with van der Waals surface area (Å²) in [5, 5.41) is 5.38. The third-order valence-corrected chi connectivity index (χ3v) is 5.09. The fourth-order valence-electron chi connectivity index (χ4n) is 3.52. The molecule has 146 valence electrons. The zero-order valence-corrected chi connectivity index (χ0v) is 17.3. The predicted octanol–water partition coefficient (Wildman–Crippen LogP) is 4.50. The van der Waals surface area contributed by atoms with E-state index in [0.29, 0.717) is 28.6 Å². The molecule has 1 aromatic heterocycles. The number of fused-ring (bicyclic) bond motifs is 1. The first-order valence-electron chi connectivity index (χ1n) is 8.81. The van der Waals surface area contributed by atoms with Gasteiger partial charge < -0.3 is 9.47 Å². The van der Waals surface area contributed by atoms with Crippen LogP contribution in [0.2, 0.25) is 10.0 Å². The van der Waals surface area contributed by atoms with Crippen LogP contribution in [0.25, 0.3) is 0 Å². The number of ether oxygens (including phenoxy) is 2. The summed E-state index contributed by atoms with van der Waals surface area (Å²) in [6, 6.07) is 3.32. The van der Waals surface area contributed by atoms with E-state index in [1.807, 2.05) is 26.8 Å². The number of halogens is 2. The molecular weight excluding hydrogens is 389 g/mol. The first-order chi connectivity index (χ1) is 12.6. The van der Waals surface area contributed by atoms with E-state index < -0.39 is 6.10 Å². The molecule has 1 aliphatic rings. The zero-order chi connectivity index (χ0) is 19.8. The average Bonchev–Trinajstić information content (AvgIpc) is 3.18. The molecule has 8 heteroatoms. The average molecular weight is 412 g/mol. The number of benzene rings is 1. The molecule has 2 aromatic rings. The quantitative estimate of drug-likeness (QED) is 0.677. The maximum absolute atomic E-state index is 11.7. The largest absolute Gasteiger partial charge is 0.488 e. The van der Waals surface area contributed by atoms with Crippen molar-refractivity contribution in [1.29, 1.82) is 0 Å². The van der Waals surface area contributed by atoms with E-state index >= 15 is 0 Å². The van der Waals surface area contributed by atoms with Crippen LogP contribution in [0.4, 0.5) is 0 Å². The van der Waals surface area contributed by atoms with Crippen molar-refractivity contribution in [1.82, 2.24) is 14.8 Å². The maximum atomic E-state index is 11.7. The Bertz CT molecular complexity index is 818. The van der Waals surface area contributed by atoms with Crippen LogP contribution in [0.15, 0.2) is 24.8 Å². The molecule has 3 rings (SSSR count). The number of rotatable bonds is 5. The van der Waals surface area contributed by atoms with Crippen LogP contribution >= 0.6 is 23.2 Å². The fraction of sp³-hybridized carbons (Fsp3) is 0.526. The van der Waals surface area contributed by atoms with Crippen molar-refractivity contribution in [3.63, 3.8) is 0 Å². The van der Waals surface area contributed by atoms with Gasteiger partial charge in [0, 0.05) is 35.8 Å². The lowest BCUT2D eigenvalue weighted by Crippen LogP contribution is -2.41. The molecule has 1 aliphatic heterocycles. The van der Waals surface area contributed by atoms with Crippen molar-refractivity contribution >= 4 is 29.2 Å². The smallest absolute Gasteiger partial charge is 0.302 e. The van der Waals surface area contributed by atoms with Gasteiger partial charge in [0.25, 0.3) is 0 Å². The fourth-order valence-corrected chi connectivity index (χ4v) is 4.10. The minimum absolute atomic E-state index is 0.134. The second-order valence-electron chi connectivity index (χ2n) is 7.89. The Morgan fingerprint density at radius 2 is 2.15 bits per heavy atom. The second kappa shape index (κ2) is 7.68. The van der Waals surface area contributed by atoms with Crippen molar-refractivity contribution in [2.24, 2.45) is 5.41 Å². The highest BCUT2D eigenvalue weighted by Gasteiger charge is 2.40. The minimum Gasteiger partial charge on any atom is -0.488 e. The van der Waals surface area contributed by atoms with Gasteiger partial charge in [0.15, 0.2) is 0 Å². The summed E-state index contributed by atoms with van der Waals surface area (Å²) in [4.78, 5) is 15.8. The number of carbonyl (C=O) groups excluding carboxylic acids is 1. The van der Waals surface area contributed by atoms with Crippen LogP contribution in [-0.4, -0.2) is 32.9 Å². The zero-order valence-electron chi connectivity index (χ0n) is 15.8. The van der Waals surface area contributed by atoms with Crippen molar-refractivity contribution in [3.05, 3.63) is 40.4 Å². The number of nitrogens with zero attached hydrogens (tertiary/aromatic N) is 3. The molecule has 1 aromatic carbocycles. The van der Waals surface area contributed by atoms with E-state index in [1.54, 1.807) is 17.1 Å². The van der Waals surface area contributed by atoms with Crippen LogP contribution < -0.4 is 4.74 Å². The van der Waals surface area contributed by atoms with Crippen molar-refractivity contribution in [2.75, 3.05) is 0 Å². The monoisotopic (exact) mass is 411 g/mol. The summed E-state index contributed by atoms with van der Waals surface area (Å²) in [5.41, 5.74) is 0.684. The standard InChI is InChI=1S/C19H23Cl2N3O3/c1-11(25)26-18(19(2,3)4)16(24-10-22-9-23-24)8-14-6-12-5-13(20)7-15(21)17(12)27-14/h5,7,9-10,14,16,18H,6,8H2,1-4H3. The summed E-state index contributed by atoms with van der Waals surface area (Å²) >= 11 is 12.4. The summed E-state index contributed by atoms with van der Waals surface area (Å²) < 4.78 is 13.5. The molecule has 0 saturated carbocycles. The van der Waals surface area contributed by atoms with Crippen molar-refractivity contribution in [2.45, 2.75) is 58.8 Å². The van der Waals surface area contributed by atoms with E-state index in [1.165, 1.54) is 13.3 Å². The van der Waals surface area contributed by atoms with Crippen molar-refractivity contribution in [3.8, 4) is 5.75 Å². The second-order valence-corrected chi connectivity index (χ2v) is 8.74. The lowest BCUT2D eigenvalue weighted by Gasteiger charge is -2.37. The number of hydrogen-bond acceptors (Lipinski definition) is 5. The maximum Gasteiger partial charge on any atom is 0.302 e. The van der Waals surface area contributed by atoms with Crippen LogP contribution in [0.3, 0.4) is 0 Å². The summed E-state index contributed by atoms with van der Waals surface area (Å²) in [6.45, 7) is 7.52. The molecule has 6 nitrogen and oxygen atoms in total. The summed E-state index contributed by atoms with van der Waals surface area (Å²) in [5.74, 6) is 0.341. The highest BCUT2D eigenvalue weighted by Crippen LogP contribution is 2.41. The van der Waals surface area contributed by atoms with Gasteiger partial charge in [-0.05, 0) is 12.1 Å². The van der Waals surface area contributed by atoms with Crippen LogP contribution in [0.1, 0.15) is 45.7 Å². The molecule has 3 unspecified atom stereocenters. The van der Waals surface area contributed by atoms with Crippen LogP contribution in [-0.2, 0) is 16.0 Å². The van der Waals surface area contributed by atoms with E-state index in [-0.39, 0.29) is 23.5 Å². The first kappa shape index (κ1) is 20.0. The van der Waals surface area contributed by atoms with Gasteiger partial charge >= 0.3 is 5.97 Å². The van der Waals surface area contributed by atoms with Gasteiger partial charge in [-0.25, -0.2) is 9.67 Å². The number of carbonyl (C=O) groups is 1. The van der Waals surface area contributed by atoms with Gasteiger partial charge in [0.2, 0.25) is 0 Å². The molecule has 0 spiro atoms. The predicted molar refractivity (Wildman–Crippen MR) is 103 cm³/mol. The molecule has 0 amide bonds. The molecule has 0 fully saturated rings. The molecular formula is C19H23Cl2N3O3. The van der Waals surface area contributed by atoms with Crippen LogP contribution in [0, 0.1) is 5.41 Å². The number of hydrogen-bond donors (Lipinski definition) is 0. The van der Waals surface area contributed by atoms with E-state index in [2.05, 4.69) is 10.1 Å². The normalized spacial score (nSPS) is 18.5. The molecule has 0 saturated heterocycles. The van der Waals surface area contributed by atoms with Crippen molar-refractivity contribution < 1.29 is 14.3 Å². The summed E-state index contributed by atoms with van der Waals surface area (Å²) in [7, 11) is 0. The number of esters is 1. The molecule has 0 aliphatic carbocycles. The van der Waals surface area contributed by atoms with Gasteiger partial charge in [-0.2, -0.15) is 5.10 Å². The van der Waals surface area contributed by atoms with E-state index in [4.69, 9.17) is 32.7 Å². The Labute approximate surface area is 168 Å². The minimum atomic E-state index is -0.400. The highest BCUT2D eigenvalue weighted by molar-refractivity contribution is 6.35. The first-order valence-corrected chi connectivity index (χ1v) is 9.56. The third kappa shape index (κ3) is 4.55. The van der Waals surface area contributed by atoms with Gasteiger partial charge in [0.1, 0.15) is 30.6 Å². The molecule has 27 heavy (non-hydrogen) atoms. The lowest BCUT2D eigenvalue weighted by molar-refractivity contribution is -0.156. The molecule has 3 atom stereocenters. The Morgan fingerprint density at radius 3 is 2.74 bits per heavy atom. The number of aromatic nitrogens is 3. The topological polar surface area (TPSA) is 66.2 Å². The third-order valence-electron chi connectivity index (χ3n) is 4.59. The van der Waals surface area contributed by atoms with Gasteiger partial charge in [-0.15, -0.1) is 0 Å². The Kier molecular flexibility index (Phi) is 5.68. The van der Waals surface area contributed by atoms with Gasteiger partial charge in [0.05, 0.1) is 11.1 Å². The van der Waals surface area contributed by atoms with E-state index in [0.717, 1.165) is 5.56 Å². The summed E-state index contributed by atoms with van der Waals surface area (Å²) in [6.07, 6.45) is 3.84. The molecule has 2 heterocycles.